The summed E-state index contributed by atoms with van der Waals surface area (Å²) in [6, 6.07) is 15.7. The Hall–Kier alpha value is -2.88. The highest BCUT2D eigenvalue weighted by Gasteiger charge is 2.09. The Morgan fingerprint density at radius 3 is 2.77 bits per heavy atom. The van der Waals surface area contributed by atoms with Gasteiger partial charge in [-0.15, -0.1) is 0 Å². The summed E-state index contributed by atoms with van der Waals surface area (Å²) >= 11 is 0. The van der Waals surface area contributed by atoms with Crippen LogP contribution in [0.2, 0.25) is 0 Å². The Kier molecular flexibility index (Phi) is 4.01. The van der Waals surface area contributed by atoms with Crippen molar-refractivity contribution in [2.24, 2.45) is 0 Å². The van der Waals surface area contributed by atoms with Crippen LogP contribution in [0.15, 0.2) is 60.8 Å². The number of hydrogen-bond donors (Lipinski definition) is 1. The molecule has 2 aromatic carbocycles. The van der Waals surface area contributed by atoms with Crippen LogP contribution in [0.4, 0.5) is 0 Å². The highest BCUT2D eigenvalue weighted by molar-refractivity contribution is 5.97. The van der Waals surface area contributed by atoms with Crippen molar-refractivity contribution in [3.05, 3.63) is 71.9 Å². The molecular formula is C18H16N2O2. The number of benzene rings is 2. The highest BCUT2D eigenvalue weighted by atomic mass is 16.5. The van der Waals surface area contributed by atoms with Crippen molar-refractivity contribution < 1.29 is 9.53 Å². The summed E-state index contributed by atoms with van der Waals surface area (Å²) in [6.07, 6.45) is 3.31. The zero-order chi connectivity index (χ0) is 15.4. The minimum Gasteiger partial charge on any atom is -0.463 e. The SMILES string of the molecule is CCOC(=O)C=C(c1ccccc1)c1ccc2[nH]ncc2c1. The second-order valence-electron chi connectivity index (χ2n) is 4.85. The molecule has 4 nitrogen and oxygen atoms in total. The van der Waals surface area contributed by atoms with Gasteiger partial charge in [-0.05, 0) is 35.8 Å². The van der Waals surface area contributed by atoms with Crippen molar-refractivity contribution in [1.82, 2.24) is 10.2 Å². The largest absolute Gasteiger partial charge is 0.463 e. The number of esters is 1. The molecule has 110 valence electrons. The summed E-state index contributed by atoms with van der Waals surface area (Å²) in [5.74, 6) is -0.339. The first kappa shape index (κ1) is 14.1. The highest BCUT2D eigenvalue weighted by Crippen LogP contribution is 2.26. The van der Waals surface area contributed by atoms with Crippen LogP contribution in [0.1, 0.15) is 18.1 Å². The van der Waals surface area contributed by atoms with Crippen LogP contribution in [-0.4, -0.2) is 22.8 Å². The zero-order valence-corrected chi connectivity index (χ0v) is 12.2. The molecule has 0 saturated heterocycles. The lowest BCUT2D eigenvalue weighted by molar-refractivity contribution is -0.137. The first-order valence-corrected chi connectivity index (χ1v) is 7.15. The lowest BCUT2D eigenvalue weighted by Crippen LogP contribution is -2.01. The van der Waals surface area contributed by atoms with Crippen molar-refractivity contribution in [2.45, 2.75) is 6.92 Å². The van der Waals surface area contributed by atoms with E-state index in [1.807, 2.05) is 48.5 Å². The van der Waals surface area contributed by atoms with Crippen LogP contribution in [0.25, 0.3) is 16.5 Å². The number of ether oxygens (including phenoxy) is 1. The number of nitrogens with one attached hydrogen (secondary N) is 1. The Morgan fingerprint density at radius 2 is 2.00 bits per heavy atom. The topological polar surface area (TPSA) is 55.0 Å². The molecule has 1 N–H and O–H groups in total. The number of nitrogens with zero attached hydrogens (tertiary/aromatic N) is 1. The summed E-state index contributed by atoms with van der Waals surface area (Å²) in [4.78, 5) is 11.9. The third kappa shape index (κ3) is 2.91. The van der Waals surface area contributed by atoms with Crippen LogP contribution < -0.4 is 0 Å². The molecule has 1 aromatic heterocycles. The standard InChI is InChI=1S/C18H16N2O2/c1-2-22-18(21)11-16(13-6-4-3-5-7-13)14-8-9-17-15(10-14)12-19-20-17/h3-12H,2H2,1H3,(H,19,20). The molecule has 0 fully saturated rings. The maximum atomic E-state index is 11.9. The third-order valence-corrected chi connectivity index (χ3v) is 3.38. The third-order valence-electron chi connectivity index (χ3n) is 3.38. The van der Waals surface area contributed by atoms with Crippen molar-refractivity contribution in [3.8, 4) is 0 Å². The van der Waals surface area contributed by atoms with E-state index in [1.165, 1.54) is 0 Å². The zero-order valence-electron chi connectivity index (χ0n) is 12.2. The van der Waals surface area contributed by atoms with Gasteiger partial charge in [-0.2, -0.15) is 5.10 Å². The summed E-state index contributed by atoms with van der Waals surface area (Å²) in [7, 11) is 0. The number of aromatic nitrogens is 2. The fourth-order valence-electron chi connectivity index (χ4n) is 2.36. The van der Waals surface area contributed by atoms with Gasteiger partial charge in [0, 0.05) is 11.5 Å². The van der Waals surface area contributed by atoms with E-state index in [9.17, 15) is 4.79 Å². The van der Waals surface area contributed by atoms with Crippen molar-refractivity contribution in [1.29, 1.82) is 0 Å². The van der Waals surface area contributed by atoms with Gasteiger partial charge >= 0.3 is 5.97 Å². The van der Waals surface area contributed by atoms with Crippen molar-refractivity contribution in [2.75, 3.05) is 6.61 Å². The lowest BCUT2D eigenvalue weighted by atomic mass is 9.96. The number of fused-ring (bicyclic) bond motifs is 1. The van der Waals surface area contributed by atoms with E-state index in [0.717, 1.165) is 27.6 Å². The maximum absolute atomic E-state index is 11.9. The first-order chi connectivity index (χ1) is 10.8. The summed E-state index contributed by atoms with van der Waals surface area (Å²) in [6.45, 7) is 2.16. The minimum atomic E-state index is -0.339. The molecule has 0 aliphatic carbocycles. The van der Waals surface area contributed by atoms with Gasteiger partial charge in [0.05, 0.1) is 18.3 Å². The summed E-state index contributed by atoms with van der Waals surface area (Å²) in [5.41, 5.74) is 3.72. The Labute approximate surface area is 128 Å². The number of H-pyrrole nitrogens is 1. The van der Waals surface area contributed by atoms with Crippen LogP contribution >= 0.6 is 0 Å². The molecule has 4 heteroatoms. The molecule has 3 aromatic rings. The monoisotopic (exact) mass is 292 g/mol. The second kappa shape index (κ2) is 6.26. The molecule has 0 radical (unpaired) electrons. The van der Waals surface area contributed by atoms with E-state index in [2.05, 4.69) is 10.2 Å². The number of carbonyl (C=O) groups is 1. The average molecular weight is 292 g/mol. The Morgan fingerprint density at radius 1 is 1.18 bits per heavy atom. The molecule has 0 aliphatic rings. The van der Waals surface area contributed by atoms with E-state index >= 15 is 0 Å². The maximum Gasteiger partial charge on any atom is 0.331 e. The van der Waals surface area contributed by atoms with Crippen LogP contribution in [0, 0.1) is 0 Å². The number of rotatable bonds is 4. The normalized spacial score (nSPS) is 11.6. The van der Waals surface area contributed by atoms with Gasteiger partial charge in [-0.25, -0.2) is 4.79 Å². The Balaban J connectivity index is 2.10. The van der Waals surface area contributed by atoms with Gasteiger partial charge in [0.25, 0.3) is 0 Å². The molecule has 3 rings (SSSR count). The number of hydrogen-bond acceptors (Lipinski definition) is 3. The fraction of sp³-hybridized carbons (Fsp3) is 0.111. The van der Waals surface area contributed by atoms with Crippen molar-refractivity contribution >= 4 is 22.4 Å². The number of aromatic amines is 1. The van der Waals surface area contributed by atoms with Gasteiger partial charge in [0.15, 0.2) is 0 Å². The van der Waals surface area contributed by atoms with E-state index in [0.29, 0.717) is 6.61 Å². The lowest BCUT2D eigenvalue weighted by Gasteiger charge is -2.09. The van der Waals surface area contributed by atoms with E-state index in [-0.39, 0.29) is 5.97 Å². The van der Waals surface area contributed by atoms with Crippen molar-refractivity contribution in [3.63, 3.8) is 0 Å². The van der Waals surface area contributed by atoms with Gasteiger partial charge in [0.2, 0.25) is 0 Å². The van der Waals surface area contributed by atoms with Crippen LogP contribution in [-0.2, 0) is 9.53 Å². The first-order valence-electron chi connectivity index (χ1n) is 7.15. The summed E-state index contributed by atoms with van der Waals surface area (Å²) in [5, 5.41) is 7.96. The molecule has 0 spiro atoms. The molecule has 0 aliphatic heterocycles. The smallest absolute Gasteiger partial charge is 0.331 e. The minimum absolute atomic E-state index is 0.339. The van der Waals surface area contributed by atoms with Gasteiger partial charge in [-0.3, -0.25) is 5.10 Å². The molecule has 0 unspecified atom stereocenters. The fourth-order valence-corrected chi connectivity index (χ4v) is 2.36. The van der Waals surface area contributed by atoms with E-state index < -0.39 is 0 Å². The summed E-state index contributed by atoms with van der Waals surface area (Å²) < 4.78 is 5.05. The second-order valence-corrected chi connectivity index (χ2v) is 4.85. The molecule has 1 heterocycles. The average Bonchev–Trinajstić information content (AvgIpc) is 3.01. The van der Waals surface area contributed by atoms with Crippen LogP contribution in [0.5, 0.6) is 0 Å². The molecule has 0 atom stereocenters. The van der Waals surface area contributed by atoms with Gasteiger partial charge in [0.1, 0.15) is 0 Å². The molecule has 0 saturated carbocycles. The molecule has 0 bridgehead atoms. The van der Waals surface area contributed by atoms with Crippen LogP contribution in [0.3, 0.4) is 0 Å². The van der Waals surface area contributed by atoms with Gasteiger partial charge in [-0.1, -0.05) is 36.4 Å². The quantitative estimate of drug-likeness (QED) is 0.591. The predicted octanol–water partition coefficient (Wildman–Crippen LogP) is 3.56. The molecular weight excluding hydrogens is 276 g/mol. The number of carbonyl (C=O) groups excluding carboxylic acids is 1. The van der Waals surface area contributed by atoms with Gasteiger partial charge < -0.3 is 4.74 Å². The predicted molar refractivity (Wildman–Crippen MR) is 86.2 cm³/mol. The molecule has 22 heavy (non-hydrogen) atoms. The van der Waals surface area contributed by atoms with E-state index in [1.54, 1.807) is 19.2 Å². The van der Waals surface area contributed by atoms with E-state index in [4.69, 9.17) is 4.74 Å². The Bertz CT molecular complexity index is 819. The molecule has 0 amide bonds.